The molecule has 5 nitrogen and oxygen atoms in total. The van der Waals surface area contributed by atoms with E-state index in [0.717, 1.165) is 36.1 Å². The lowest BCUT2D eigenvalue weighted by molar-refractivity contribution is 0.156. The molecule has 0 aliphatic heterocycles. The van der Waals surface area contributed by atoms with Crippen LogP contribution in [0.5, 0.6) is 5.75 Å². The van der Waals surface area contributed by atoms with E-state index >= 15 is 0 Å². The summed E-state index contributed by atoms with van der Waals surface area (Å²) in [6, 6.07) is 5.80. The van der Waals surface area contributed by atoms with Crippen molar-refractivity contribution in [2.75, 3.05) is 0 Å². The predicted octanol–water partition coefficient (Wildman–Crippen LogP) is 2.33. The second-order valence-corrected chi connectivity index (χ2v) is 4.77. The molecule has 1 aromatic heterocycles. The Kier molecular flexibility index (Phi) is 3.21. The number of aliphatic hydroxyl groups is 1. The number of ether oxygens (including phenoxy) is 1. The Labute approximate surface area is 111 Å². The Morgan fingerprint density at radius 3 is 3.11 bits per heavy atom. The lowest BCUT2D eigenvalue weighted by atomic mass is 9.89. The van der Waals surface area contributed by atoms with Crippen LogP contribution in [0, 0.1) is 6.92 Å². The molecular formula is C14H16N2O3. The van der Waals surface area contributed by atoms with Crippen molar-refractivity contribution in [3.8, 4) is 5.75 Å². The summed E-state index contributed by atoms with van der Waals surface area (Å²) in [6.45, 7) is 2.01. The van der Waals surface area contributed by atoms with Crippen LogP contribution in [-0.2, 0) is 13.0 Å². The highest BCUT2D eigenvalue weighted by molar-refractivity contribution is 5.38. The minimum Gasteiger partial charge on any atom is -0.484 e. The average molecular weight is 260 g/mol. The fourth-order valence-corrected chi connectivity index (χ4v) is 2.40. The van der Waals surface area contributed by atoms with Crippen molar-refractivity contribution in [2.45, 2.75) is 38.9 Å². The molecule has 1 heterocycles. The van der Waals surface area contributed by atoms with Gasteiger partial charge >= 0.3 is 0 Å². The van der Waals surface area contributed by atoms with Crippen molar-refractivity contribution in [3.05, 3.63) is 41.1 Å². The first kappa shape index (κ1) is 12.2. The summed E-state index contributed by atoms with van der Waals surface area (Å²) >= 11 is 0. The predicted molar refractivity (Wildman–Crippen MR) is 67.7 cm³/mol. The third-order valence-corrected chi connectivity index (χ3v) is 3.33. The number of hydrogen-bond donors (Lipinski definition) is 1. The molecule has 5 heteroatoms. The molecule has 1 N–H and O–H groups in total. The Morgan fingerprint density at radius 1 is 1.42 bits per heavy atom. The maximum Gasteiger partial charge on any atom is 0.253 e. The molecule has 3 rings (SSSR count). The number of fused-ring (bicyclic) bond motifs is 1. The van der Waals surface area contributed by atoms with Crippen LogP contribution in [0.4, 0.5) is 0 Å². The number of aliphatic hydroxyl groups excluding tert-OH is 1. The van der Waals surface area contributed by atoms with Crippen LogP contribution in [-0.4, -0.2) is 15.3 Å². The van der Waals surface area contributed by atoms with Gasteiger partial charge in [0.05, 0.1) is 6.10 Å². The van der Waals surface area contributed by atoms with Crippen molar-refractivity contribution in [1.29, 1.82) is 0 Å². The lowest BCUT2D eigenvalue weighted by Gasteiger charge is -2.21. The third kappa shape index (κ3) is 2.61. The second kappa shape index (κ2) is 5.01. The van der Waals surface area contributed by atoms with Crippen molar-refractivity contribution >= 4 is 0 Å². The number of benzene rings is 1. The molecule has 0 saturated carbocycles. The molecule has 0 spiro atoms. The van der Waals surface area contributed by atoms with E-state index in [1.54, 1.807) is 6.92 Å². The van der Waals surface area contributed by atoms with Crippen LogP contribution in [0.1, 0.15) is 41.9 Å². The van der Waals surface area contributed by atoms with E-state index in [1.165, 1.54) is 0 Å². The highest BCUT2D eigenvalue weighted by atomic mass is 16.5. The highest BCUT2D eigenvalue weighted by Crippen LogP contribution is 2.32. The first-order valence-electron chi connectivity index (χ1n) is 6.45. The second-order valence-electron chi connectivity index (χ2n) is 4.77. The minimum absolute atomic E-state index is 0.266. The molecule has 0 radical (unpaired) electrons. The summed E-state index contributed by atoms with van der Waals surface area (Å²) in [7, 11) is 0. The van der Waals surface area contributed by atoms with Gasteiger partial charge in [-0.3, -0.25) is 0 Å². The molecule has 19 heavy (non-hydrogen) atoms. The monoisotopic (exact) mass is 260 g/mol. The molecular weight excluding hydrogens is 244 g/mol. The van der Waals surface area contributed by atoms with Gasteiger partial charge in [0.1, 0.15) is 5.75 Å². The van der Waals surface area contributed by atoms with Gasteiger partial charge in [-0.25, -0.2) is 0 Å². The van der Waals surface area contributed by atoms with E-state index in [4.69, 9.17) is 9.15 Å². The Morgan fingerprint density at radius 2 is 2.32 bits per heavy atom. The SMILES string of the molecule is Cc1nnc(COc2ccc3c(c2)CCCC3O)o1. The van der Waals surface area contributed by atoms with E-state index in [9.17, 15) is 5.11 Å². The average Bonchev–Trinajstić information content (AvgIpc) is 2.82. The maximum absolute atomic E-state index is 9.89. The molecule has 1 unspecified atom stereocenters. The van der Waals surface area contributed by atoms with Gasteiger partial charge in [0.25, 0.3) is 5.89 Å². The number of aromatic nitrogens is 2. The largest absolute Gasteiger partial charge is 0.484 e. The first-order valence-corrected chi connectivity index (χ1v) is 6.45. The number of nitrogens with zero attached hydrogens (tertiary/aromatic N) is 2. The number of aryl methyl sites for hydroxylation is 2. The van der Waals surface area contributed by atoms with Gasteiger partial charge in [-0.05, 0) is 42.5 Å². The normalized spacial score (nSPS) is 18.1. The van der Waals surface area contributed by atoms with E-state index in [-0.39, 0.29) is 12.7 Å². The Balaban J connectivity index is 1.72. The summed E-state index contributed by atoms with van der Waals surface area (Å²) in [5.74, 6) is 1.77. The van der Waals surface area contributed by atoms with Gasteiger partial charge in [-0.1, -0.05) is 6.07 Å². The maximum atomic E-state index is 9.89. The topological polar surface area (TPSA) is 68.4 Å². The van der Waals surface area contributed by atoms with Crippen molar-refractivity contribution < 1.29 is 14.3 Å². The fraction of sp³-hybridized carbons (Fsp3) is 0.429. The molecule has 0 fully saturated rings. The smallest absolute Gasteiger partial charge is 0.253 e. The molecule has 1 atom stereocenters. The number of hydrogen-bond acceptors (Lipinski definition) is 5. The molecule has 0 bridgehead atoms. The standard InChI is InChI=1S/C14H16N2O3/c1-9-15-16-14(19-9)8-18-11-5-6-12-10(7-11)3-2-4-13(12)17/h5-7,13,17H,2-4,8H2,1H3. The Bertz CT molecular complexity index is 580. The van der Waals surface area contributed by atoms with E-state index in [0.29, 0.717) is 11.8 Å². The molecule has 100 valence electrons. The van der Waals surface area contributed by atoms with Crippen LogP contribution >= 0.6 is 0 Å². The molecule has 2 aromatic rings. The quantitative estimate of drug-likeness (QED) is 0.917. The van der Waals surface area contributed by atoms with Gasteiger partial charge in [0.15, 0.2) is 6.61 Å². The minimum atomic E-state index is -0.337. The molecule has 0 amide bonds. The molecule has 1 aliphatic rings. The van der Waals surface area contributed by atoms with Gasteiger partial charge < -0.3 is 14.3 Å². The van der Waals surface area contributed by atoms with Crippen molar-refractivity contribution in [2.24, 2.45) is 0 Å². The zero-order chi connectivity index (χ0) is 13.2. The highest BCUT2D eigenvalue weighted by Gasteiger charge is 2.18. The van der Waals surface area contributed by atoms with E-state index < -0.39 is 0 Å². The summed E-state index contributed by atoms with van der Waals surface area (Å²) in [4.78, 5) is 0. The summed E-state index contributed by atoms with van der Waals surface area (Å²) in [6.07, 6.45) is 2.51. The molecule has 1 aliphatic carbocycles. The zero-order valence-corrected chi connectivity index (χ0v) is 10.8. The summed E-state index contributed by atoms with van der Waals surface area (Å²) in [5, 5.41) is 17.5. The lowest BCUT2D eigenvalue weighted by Crippen LogP contribution is -2.09. The zero-order valence-electron chi connectivity index (χ0n) is 10.8. The van der Waals surface area contributed by atoms with Crippen LogP contribution in [0.25, 0.3) is 0 Å². The van der Waals surface area contributed by atoms with E-state index in [1.807, 2.05) is 18.2 Å². The fourth-order valence-electron chi connectivity index (χ4n) is 2.40. The van der Waals surface area contributed by atoms with Gasteiger partial charge in [-0.2, -0.15) is 0 Å². The van der Waals surface area contributed by atoms with Gasteiger partial charge in [0, 0.05) is 6.92 Å². The van der Waals surface area contributed by atoms with Crippen LogP contribution < -0.4 is 4.74 Å². The van der Waals surface area contributed by atoms with Crippen LogP contribution in [0.15, 0.2) is 22.6 Å². The van der Waals surface area contributed by atoms with Crippen LogP contribution in [0.2, 0.25) is 0 Å². The van der Waals surface area contributed by atoms with Gasteiger partial charge in [-0.15, -0.1) is 10.2 Å². The summed E-state index contributed by atoms with van der Waals surface area (Å²) < 4.78 is 10.9. The van der Waals surface area contributed by atoms with Crippen molar-refractivity contribution in [3.63, 3.8) is 0 Å². The molecule has 0 saturated heterocycles. The first-order chi connectivity index (χ1) is 9.22. The number of rotatable bonds is 3. The van der Waals surface area contributed by atoms with Crippen LogP contribution in [0.3, 0.4) is 0 Å². The Hall–Kier alpha value is -1.88. The summed E-state index contributed by atoms with van der Waals surface area (Å²) in [5.41, 5.74) is 2.19. The van der Waals surface area contributed by atoms with Gasteiger partial charge in [0.2, 0.25) is 5.89 Å². The third-order valence-electron chi connectivity index (χ3n) is 3.33. The van der Waals surface area contributed by atoms with Crippen molar-refractivity contribution in [1.82, 2.24) is 10.2 Å². The molecule has 1 aromatic carbocycles. The van der Waals surface area contributed by atoms with E-state index in [2.05, 4.69) is 10.2 Å².